The van der Waals surface area contributed by atoms with Gasteiger partial charge in [-0.1, -0.05) is 86.5 Å². The van der Waals surface area contributed by atoms with Crippen molar-refractivity contribution >= 4 is 0 Å². The maximum atomic E-state index is 8.49. The Hall–Kier alpha value is -3.06. The molecule has 0 amide bonds. The summed E-state index contributed by atoms with van der Waals surface area (Å²) in [7, 11) is -4.94. The van der Waals surface area contributed by atoms with Crippen molar-refractivity contribution in [1.29, 1.82) is 0 Å². The van der Waals surface area contributed by atoms with Gasteiger partial charge < -0.3 is 0 Å². The Kier molecular flexibility index (Phi) is 9.33. The summed E-state index contributed by atoms with van der Waals surface area (Å²) in [5, 5.41) is 0. The summed E-state index contributed by atoms with van der Waals surface area (Å²) in [6.07, 6.45) is 4.61. The van der Waals surface area contributed by atoms with E-state index in [0.717, 1.165) is 35.5 Å². The Labute approximate surface area is 202 Å². The quantitative estimate of drug-likeness (QED) is 0.298. The third-order valence-corrected chi connectivity index (χ3v) is 5.30. The van der Waals surface area contributed by atoms with Crippen molar-refractivity contribution in [3.8, 4) is 33.8 Å². The summed E-state index contributed by atoms with van der Waals surface area (Å²) in [6.45, 7) is 2.25. The standard InChI is InChI=1S/C28H27O.ClHO4/c1-2-3-7-20-25-26(22-14-8-4-9-15-22)21-27(23-16-10-5-11-17-23)29-28(25)24-18-12-6-13-19-24;2-1(3,4)5/h4-6,8-19,21H,2-3,7,20H2,1H3;(H,2,3,4,5)/q+1;/p-1. The van der Waals surface area contributed by atoms with Gasteiger partial charge in [0.1, 0.15) is 0 Å². The molecule has 1 heterocycles. The minimum absolute atomic E-state index is 0.905. The Bertz CT molecular complexity index is 1080. The molecule has 0 aliphatic rings. The average Bonchev–Trinajstić information content (AvgIpc) is 2.85. The topological polar surface area (TPSA) is 104 Å². The highest BCUT2D eigenvalue weighted by Gasteiger charge is 2.26. The number of rotatable bonds is 7. The van der Waals surface area contributed by atoms with Gasteiger partial charge in [-0.05, 0) is 42.7 Å². The van der Waals surface area contributed by atoms with E-state index in [1.807, 2.05) is 6.07 Å². The Morgan fingerprint density at radius 3 is 1.62 bits per heavy atom. The van der Waals surface area contributed by atoms with Gasteiger partial charge in [0.25, 0.3) is 0 Å². The lowest BCUT2D eigenvalue weighted by molar-refractivity contribution is -2.00. The van der Waals surface area contributed by atoms with Crippen LogP contribution < -0.4 is 18.6 Å². The Balaban J connectivity index is 0.000000588. The number of halogens is 1. The molecule has 0 unspecified atom stereocenters. The van der Waals surface area contributed by atoms with Crippen molar-refractivity contribution in [1.82, 2.24) is 0 Å². The Morgan fingerprint density at radius 2 is 1.12 bits per heavy atom. The molecule has 4 rings (SSSR count). The molecule has 0 fully saturated rings. The number of hydrogen-bond donors (Lipinski definition) is 0. The van der Waals surface area contributed by atoms with E-state index in [2.05, 4.69) is 97.9 Å². The highest BCUT2D eigenvalue weighted by Crippen LogP contribution is 2.38. The zero-order valence-electron chi connectivity index (χ0n) is 19.0. The molecule has 4 aromatic rings. The summed E-state index contributed by atoms with van der Waals surface area (Å²) >= 11 is 0. The van der Waals surface area contributed by atoms with Crippen LogP contribution in [0.3, 0.4) is 0 Å². The zero-order chi connectivity index (χ0) is 24.4. The molecule has 0 radical (unpaired) electrons. The monoisotopic (exact) mass is 478 g/mol. The van der Waals surface area contributed by atoms with Crippen LogP contribution in [0.4, 0.5) is 0 Å². The molecule has 0 aliphatic heterocycles. The van der Waals surface area contributed by atoms with Crippen molar-refractivity contribution in [3.63, 3.8) is 0 Å². The molecular weight excluding hydrogens is 452 g/mol. The van der Waals surface area contributed by atoms with E-state index in [4.69, 9.17) is 23.1 Å². The molecule has 0 saturated carbocycles. The first-order valence-electron chi connectivity index (χ1n) is 11.1. The molecule has 34 heavy (non-hydrogen) atoms. The average molecular weight is 479 g/mol. The van der Waals surface area contributed by atoms with Crippen molar-refractivity contribution < 1.29 is 33.3 Å². The number of unbranched alkanes of at least 4 members (excludes halogenated alkanes) is 2. The molecule has 1 aromatic heterocycles. The van der Waals surface area contributed by atoms with Gasteiger partial charge in [0.15, 0.2) is 0 Å². The van der Waals surface area contributed by atoms with Crippen molar-refractivity contribution in [2.24, 2.45) is 0 Å². The lowest BCUT2D eigenvalue weighted by atomic mass is 9.92. The van der Waals surface area contributed by atoms with Gasteiger partial charge >= 0.3 is 11.5 Å². The maximum Gasteiger partial charge on any atom is 0.364 e. The highest BCUT2D eigenvalue weighted by atomic mass is 35.7. The van der Waals surface area contributed by atoms with E-state index in [1.54, 1.807) is 0 Å². The van der Waals surface area contributed by atoms with Crippen LogP contribution in [0.5, 0.6) is 0 Å². The molecule has 0 spiro atoms. The third-order valence-electron chi connectivity index (χ3n) is 5.30. The maximum absolute atomic E-state index is 8.49. The van der Waals surface area contributed by atoms with E-state index in [9.17, 15) is 0 Å². The van der Waals surface area contributed by atoms with Crippen LogP contribution in [0.1, 0.15) is 31.7 Å². The van der Waals surface area contributed by atoms with E-state index >= 15 is 0 Å². The molecule has 0 aliphatic carbocycles. The second-order valence-corrected chi connectivity index (χ2v) is 8.52. The third kappa shape index (κ3) is 7.76. The lowest BCUT2D eigenvalue weighted by Gasteiger charge is -2.17. The van der Waals surface area contributed by atoms with Gasteiger partial charge in [0.2, 0.25) is 0 Å². The summed E-state index contributed by atoms with van der Waals surface area (Å²) in [4.78, 5) is 0. The second kappa shape index (κ2) is 12.4. The minimum atomic E-state index is -4.94. The van der Waals surface area contributed by atoms with Crippen LogP contribution in [0.25, 0.3) is 33.8 Å². The molecule has 0 N–H and O–H groups in total. The van der Waals surface area contributed by atoms with Crippen LogP contribution in [0.2, 0.25) is 0 Å². The predicted octanol–water partition coefficient (Wildman–Crippen LogP) is 3.54. The highest BCUT2D eigenvalue weighted by molar-refractivity contribution is 5.79. The van der Waals surface area contributed by atoms with Gasteiger partial charge in [-0.25, -0.2) is 23.1 Å². The van der Waals surface area contributed by atoms with Crippen LogP contribution in [0, 0.1) is 10.2 Å². The summed E-state index contributed by atoms with van der Waals surface area (Å²) in [5.74, 6) is 1.89. The SMILES string of the molecule is CCCCCc1c(-c2ccccc2)cc(-c2ccccc2)[o+]c1-c1ccccc1.[O-][Cl+3]([O-])([O-])[O-]. The van der Waals surface area contributed by atoms with Crippen LogP contribution in [-0.2, 0) is 6.42 Å². The van der Waals surface area contributed by atoms with E-state index in [0.29, 0.717) is 0 Å². The first kappa shape index (κ1) is 25.6. The molecular formula is C28H27ClO5. The van der Waals surface area contributed by atoms with Gasteiger partial charge in [-0.3, -0.25) is 0 Å². The number of hydrogen-bond acceptors (Lipinski definition) is 4. The minimum Gasteiger partial charge on any atom is -0.222 e. The molecule has 6 heteroatoms. The first-order valence-corrected chi connectivity index (χ1v) is 12.4. The smallest absolute Gasteiger partial charge is 0.222 e. The fraction of sp³-hybridized carbons (Fsp3) is 0.179. The Morgan fingerprint density at radius 1 is 0.647 bits per heavy atom. The fourth-order valence-corrected chi connectivity index (χ4v) is 3.78. The molecule has 0 atom stereocenters. The second-order valence-electron chi connectivity index (χ2n) is 7.77. The van der Waals surface area contributed by atoms with Crippen molar-refractivity contribution in [3.05, 3.63) is 103 Å². The summed E-state index contributed by atoms with van der Waals surface area (Å²) < 4.78 is 40.5. The fourth-order valence-electron chi connectivity index (χ4n) is 3.78. The van der Waals surface area contributed by atoms with Gasteiger partial charge in [-0.2, -0.15) is 0 Å². The van der Waals surface area contributed by atoms with Crippen LogP contribution in [-0.4, -0.2) is 0 Å². The van der Waals surface area contributed by atoms with Crippen molar-refractivity contribution in [2.75, 3.05) is 0 Å². The first-order chi connectivity index (χ1) is 16.4. The predicted molar refractivity (Wildman–Crippen MR) is 123 cm³/mol. The summed E-state index contributed by atoms with van der Waals surface area (Å²) in [5.41, 5.74) is 6.04. The van der Waals surface area contributed by atoms with Gasteiger partial charge in [-0.15, -0.1) is 10.2 Å². The molecule has 0 saturated heterocycles. The van der Waals surface area contributed by atoms with Crippen LogP contribution in [0.15, 0.2) is 101 Å². The van der Waals surface area contributed by atoms with Gasteiger partial charge in [0.05, 0.1) is 22.8 Å². The molecule has 176 valence electrons. The van der Waals surface area contributed by atoms with Crippen LogP contribution >= 0.6 is 0 Å². The summed E-state index contributed by atoms with van der Waals surface area (Å²) in [6, 6.07) is 33.8. The number of benzene rings is 3. The van der Waals surface area contributed by atoms with E-state index in [-0.39, 0.29) is 0 Å². The van der Waals surface area contributed by atoms with E-state index < -0.39 is 10.2 Å². The van der Waals surface area contributed by atoms with Crippen molar-refractivity contribution in [2.45, 2.75) is 32.6 Å². The molecule has 0 bridgehead atoms. The molecule has 5 nitrogen and oxygen atoms in total. The largest absolute Gasteiger partial charge is 0.364 e. The lowest BCUT2D eigenvalue weighted by Crippen LogP contribution is -2.68. The normalized spacial score (nSPS) is 11.0. The molecule has 3 aromatic carbocycles. The zero-order valence-corrected chi connectivity index (χ0v) is 19.7. The van der Waals surface area contributed by atoms with Gasteiger partial charge in [0, 0.05) is 5.56 Å². The van der Waals surface area contributed by atoms with E-state index in [1.165, 1.54) is 29.5 Å².